The second kappa shape index (κ2) is 6.02. The van der Waals surface area contributed by atoms with Crippen molar-refractivity contribution in [2.24, 2.45) is 0 Å². The Morgan fingerprint density at radius 3 is 2.91 bits per heavy atom. The van der Waals surface area contributed by atoms with Crippen LogP contribution in [0.4, 0.5) is 5.69 Å². The molecule has 0 saturated heterocycles. The topological polar surface area (TPSA) is 56.8 Å². The molecule has 1 aromatic heterocycles. The molecule has 2 N–H and O–H groups in total. The van der Waals surface area contributed by atoms with Gasteiger partial charge < -0.3 is 19.5 Å². The second-order valence-corrected chi connectivity index (χ2v) is 5.95. The first-order chi connectivity index (χ1) is 11.4. The van der Waals surface area contributed by atoms with Crippen molar-refractivity contribution in [1.82, 2.24) is 0 Å². The van der Waals surface area contributed by atoms with Crippen LogP contribution in [0.2, 0.25) is 0 Å². The van der Waals surface area contributed by atoms with Crippen LogP contribution in [0.1, 0.15) is 14.4 Å². The van der Waals surface area contributed by atoms with E-state index < -0.39 is 6.10 Å². The fourth-order valence-electron chi connectivity index (χ4n) is 2.39. The minimum absolute atomic E-state index is 0.00573. The van der Waals surface area contributed by atoms with Gasteiger partial charge in [-0.1, -0.05) is 12.1 Å². The summed E-state index contributed by atoms with van der Waals surface area (Å²) in [5, 5.41) is 20.9. The molecular weight excluding hydrogens is 346 g/mol. The van der Waals surface area contributed by atoms with Crippen molar-refractivity contribution in [2.45, 2.75) is 6.10 Å². The lowest BCUT2D eigenvalue weighted by Gasteiger charge is -2.23. The number of phenols is 1. The van der Waals surface area contributed by atoms with Crippen LogP contribution in [-0.4, -0.2) is 23.8 Å². The maximum atomic E-state index is 10.5. The van der Waals surface area contributed by atoms with Crippen LogP contribution in [0, 0.1) is 0 Å². The minimum atomic E-state index is -0.834. The summed E-state index contributed by atoms with van der Waals surface area (Å²) in [7, 11) is 1.78. The van der Waals surface area contributed by atoms with E-state index in [0.717, 1.165) is 0 Å². The summed E-state index contributed by atoms with van der Waals surface area (Å²) in [5.41, 5.74) is 1.65. The number of aliphatic hydroxyl groups excluding tert-OH is 1. The lowest BCUT2D eigenvalue weighted by molar-refractivity contribution is 0.185. The quantitative estimate of drug-likeness (QED) is 0.733. The summed E-state index contributed by atoms with van der Waals surface area (Å²) < 4.78 is 21.3. The monoisotopic (exact) mass is 363 g/mol. The maximum absolute atomic E-state index is 10.5. The van der Waals surface area contributed by atoms with Gasteiger partial charge in [0.1, 0.15) is 12.7 Å². The van der Waals surface area contributed by atoms with E-state index >= 15 is 0 Å². The molecule has 0 bridgehead atoms. The van der Waals surface area contributed by atoms with Gasteiger partial charge in [0.2, 0.25) is 0 Å². The average molecular weight is 364 g/mol. The second-order valence-electron chi connectivity index (χ2n) is 5.09. The smallest absolute Gasteiger partial charge is 0.148 e. The van der Waals surface area contributed by atoms with Gasteiger partial charge in [0.15, 0.2) is 0 Å². The number of hydrogen-bond donors (Lipinski definition) is 2. The van der Waals surface area contributed by atoms with Gasteiger partial charge in [-0.2, -0.15) is 0 Å². The number of para-hydroxylation sites is 2. The molecule has 1 heterocycles. The van der Waals surface area contributed by atoms with Gasteiger partial charge in [0, 0.05) is 19.0 Å². The fourth-order valence-corrected chi connectivity index (χ4v) is 2.94. The number of phenolic OH excluding ortho intramolecular Hbond substituents is 1. The molecule has 0 saturated carbocycles. The number of nitrogens with zero attached hydrogens (tertiary/aromatic N) is 1. The average Bonchev–Trinajstić information content (AvgIpc) is 2.83. The van der Waals surface area contributed by atoms with Crippen molar-refractivity contribution >= 4 is 32.6 Å². The highest BCUT2D eigenvalue weighted by molar-refractivity contribution is 9.10. The van der Waals surface area contributed by atoms with Crippen LogP contribution in [0.5, 0.6) is 5.75 Å². The van der Waals surface area contributed by atoms with E-state index in [0.29, 0.717) is 26.7 Å². The van der Waals surface area contributed by atoms with Crippen molar-refractivity contribution in [1.29, 1.82) is 0 Å². The van der Waals surface area contributed by atoms with Gasteiger partial charge in [0.25, 0.3) is 0 Å². The van der Waals surface area contributed by atoms with E-state index in [1.165, 1.54) is 0 Å². The molecule has 1 atom stereocenters. The Labute approximate surface area is 139 Å². The molecule has 4 nitrogen and oxygen atoms in total. The molecule has 0 aliphatic rings. The Bertz CT molecular complexity index is 897. The van der Waals surface area contributed by atoms with Gasteiger partial charge in [0.05, 0.1) is 23.9 Å². The van der Waals surface area contributed by atoms with Gasteiger partial charge in [-0.3, -0.25) is 0 Å². The summed E-state index contributed by atoms with van der Waals surface area (Å²) in [6, 6.07) is 10.3. The first-order valence-corrected chi connectivity index (χ1v) is 7.54. The molecule has 3 rings (SSSR count). The SMILES string of the molecule is [2H]c1oc2c(Br)cc(C(O)CN(C)c3ccccc3O)cc2c1[2H]. The van der Waals surface area contributed by atoms with Crippen molar-refractivity contribution in [3.8, 4) is 5.75 Å². The normalized spacial score (nSPS) is 13.8. The van der Waals surface area contributed by atoms with Crippen molar-refractivity contribution < 1.29 is 17.4 Å². The van der Waals surface area contributed by atoms with E-state index in [9.17, 15) is 10.2 Å². The number of rotatable bonds is 4. The van der Waals surface area contributed by atoms with Crippen LogP contribution in [-0.2, 0) is 0 Å². The third-order valence-electron chi connectivity index (χ3n) is 3.53. The van der Waals surface area contributed by atoms with Crippen LogP contribution in [0.15, 0.2) is 57.6 Å². The van der Waals surface area contributed by atoms with Crippen molar-refractivity contribution in [3.05, 3.63) is 58.7 Å². The zero-order valence-corrected chi connectivity index (χ0v) is 13.5. The third kappa shape index (κ3) is 2.82. The Morgan fingerprint density at radius 1 is 1.36 bits per heavy atom. The molecule has 0 aliphatic carbocycles. The predicted molar refractivity (Wildman–Crippen MR) is 90.3 cm³/mol. The zero-order chi connectivity index (χ0) is 17.4. The summed E-state index contributed by atoms with van der Waals surface area (Å²) >= 11 is 3.36. The van der Waals surface area contributed by atoms with Crippen LogP contribution in [0.3, 0.4) is 0 Å². The third-order valence-corrected chi connectivity index (χ3v) is 4.12. The standard InChI is InChI=1S/C17H16BrNO3/c1-19(14-4-2-3-5-15(14)20)10-16(21)12-8-11-6-7-22-17(11)13(18)9-12/h2-9,16,20-21H,10H2,1H3/i6D,7D. The maximum Gasteiger partial charge on any atom is 0.148 e. The highest BCUT2D eigenvalue weighted by atomic mass is 79.9. The number of benzene rings is 2. The molecule has 114 valence electrons. The molecule has 0 aliphatic heterocycles. The molecule has 22 heavy (non-hydrogen) atoms. The van der Waals surface area contributed by atoms with E-state index in [1.807, 2.05) is 6.07 Å². The summed E-state index contributed by atoms with van der Waals surface area (Å²) in [6.07, 6.45) is -1.04. The molecule has 0 fully saturated rings. The van der Waals surface area contributed by atoms with E-state index in [2.05, 4.69) is 15.9 Å². The lowest BCUT2D eigenvalue weighted by atomic mass is 10.1. The Hall–Kier alpha value is -1.98. The summed E-state index contributed by atoms with van der Waals surface area (Å²) in [6.45, 7) is 0.258. The number of aromatic hydroxyl groups is 1. The molecule has 1 unspecified atom stereocenters. The van der Waals surface area contributed by atoms with Crippen LogP contribution in [0.25, 0.3) is 11.0 Å². The first kappa shape index (κ1) is 12.6. The molecular formula is C17H16BrNO3. The minimum Gasteiger partial charge on any atom is -0.506 e. The predicted octanol–water partition coefficient (Wildman–Crippen LogP) is 4.07. The number of hydrogen-bond acceptors (Lipinski definition) is 4. The molecule has 3 aromatic rings. The summed E-state index contributed by atoms with van der Waals surface area (Å²) in [4.78, 5) is 1.75. The lowest BCUT2D eigenvalue weighted by Crippen LogP contribution is -2.24. The molecule has 2 aromatic carbocycles. The Morgan fingerprint density at radius 2 is 2.14 bits per heavy atom. The number of anilines is 1. The first-order valence-electron chi connectivity index (χ1n) is 7.75. The van der Waals surface area contributed by atoms with Gasteiger partial charge in [-0.15, -0.1) is 0 Å². The van der Waals surface area contributed by atoms with Crippen molar-refractivity contribution in [2.75, 3.05) is 18.5 Å². The highest BCUT2D eigenvalue weighted by Gasteiger charge is 2.15. The van der Waals surface area contributed by atoms with Gasteiger partial charge in [-0.25, -0.2) is 0 Å². The number of halogens is 1. The van der Waals surface area contributed by atoms with E-state index in [-0.39, 0.29) is 24.6 Å². The van der Waals surface area contributed by atoms with Crippen molar-refractivity contribution in [3.63, 3.8) is 0 Å². The highest BCUT2D eigenvalue weighted by Crippen LogP contribution is 2.31. The number of likely N-dealkylation sites (N-methyl/N-ethyl adjacent to an activating group) is 1. The van der Waals surface area contributed by atoms with E-state index in [4.69, 9.17) is 7.16 Å². The number of fused-ring (bicyclic) bond motifs is 1. The number of furan rings is 1. The van der Waals surface area contributed by atoms with Gasteiger partial charge >= 0.3 is 0 Å². The molecule has 5 heteroatoms. The van der Waals surface area contributed by atoms with Crippen LogP contribution >= 0.6 is 15.9 Å². The van der Waals surface area contributed by atoms with E-state index in [1.54, 1.807) is 42.3 Å². The fraction of sp³-hybridized carbons (Fsp3) is 0.176. The largest absolute Gasteiger partial charge is 0.506 e. The van der Waals surface area contributed by atoms with Crippen LogP contribution < -0.4 is 4.90 Å². The molecule has 0 radical (unpaired) electrons. The zero-order valence-electron chi connectivity index (χ0n) is 13.9. The Balaban J connectivity index is 1.90. The summed E-state index contributed by atoms with van der Waals surface area (Å²) in [5.74, 6) is 0.144. The van der Waals surface area contributed by atoms with Gasteiger partial charge in [-0.05, 0) is 51.8 Å². The number of aliphatic hydroxyl groups is 1. The Kier molecular flexibility index (Phi) is 3.44. The molecule has 0 amide bonds. The molecule has 0 spiro atoms.